The first-order chi connectivity index (χ1) is 17.3. The largest absolute Gasteiger partial charge is 0.350 e. The smallest absolute Gasteiger partial charge is 0.312 e. The highest BCUT2D eigenvalue weighted by Gasteiger charge is 2.60. The van der Waals surface area contributed by atoms with E-state index < -0.39 is 59.0 Å². The molecule has 1 unspecified atom stereocenters. The van der Waals surface area contributed by atoms with Gasteiger partial charge in [0.1, 0.15) is 22.9 Å². The van der Waals surface area contributed by atoms with Gasteiger partial charge in [0.25, 0.3) is 17.6 Å². The lowest BCUT2D eigenvalue weighted by Crippen LogP contribution is -2.65. The highest BCUT2D eigenvalue weighted by Crippen LogP contribution is 2.47. The van der Waals surface area contributed by atoms with Crippen molar-refractivity contribution in [2.75, 3.05) is 27.7 Å². The van der Waals surface area contributed by atoms with Crippen LogP contribution in [-0.2, 0) is 30.5 Å². The van der Waals surface area contributed by atoms with Crippen molar-refractivity contribution in [3.63, 3.8) is 0 Å². The third-order valence-corrected chi connectivity index (χ3v) is 7.60. The standard InChI is InChI=1S/C24H26ClF2N5O5/c1-30(2)20(36)21(37)31(3)24-9-7-23(27,8-10-24)12-32-19(35)17(33)16(29-22(24)32)18(34)28-11-13-5-4-6-14(25)15(13)26/h4-6,16H,7-12H2,1-3H3,(H,28,34). The number of ketones is 1. The van der Waals surface area contributed by atoms with Crippen molar-refractivity contribution in [2.24, 2.45) is 4.99 Å². The fraction of sp³-hybridized carbons (Fsp3) is 0.500. The van der Waals surface area contributed by atoms with Gasteiger partial charge in [0, 0.05) is 33.3 Å². The van der Waals surface area contributed by atoms with Crippen LogP contribution in [0.5, 0.6) is 0 Å². The van der Waals surface area contributed by atoms with Gasteiger partial charge in [0.2, 0.25) is 0 Å². The molecule has 3 heterocycles. The maximum absolute atomic E-state index is 15.6. The molecule has 10 nitrogen and oxygen atoms in total. The molecule has 198 valence electrons. The van der Waals surface area contributed by atoms with Crippen LogP contribution in [0.3, 0.4) is 0 Å². The number of nitrogens with zero attached hydrogens (tertiary/aromatic N) is 4. The second-order valence-electron chi connectivity index (χ2n) is 9.79. The van der Waals surface area contributed by atoms with E-state index in [-0.39, 0.29) is 48.6 Å². The van der Waals surface area contributed by atoms with Gasteiger partial charge in [-0.1, -0.05) is 23.7 Å². The molecular weight excluding hydrogens is 512 g/mol. The Balaban J connectivity index is 1.71. The molecule has 4 amide bonds. The number of benzene rings is 1. The zero-order valence-corrected chi connectivity index (χ0v) is 21.3. The number of carbonyl (C=O) groups excluding carboxylic acids is 5. The van der Waals surface area contributed by atoms with Gasteiger partial charge in [-0.2, -0.15) is 0 Å². The molecule has 1 aromatic carbocycles. The molecule has 1 aromatic rings. The van der Waals surface area contributed by atoms with Crippen LogP contribution in [0.25, 0.3) is 0 Å². The Bertz CT molecular complexity index is 1230. The normalized spacial score (nSPS) is 26.7. The number of hydrogen-bond donors (Lipinski definition) is 1. The molecule has 5 rings (SSSR count). The second kappa shape index (κ2) is 9.47. The first-order valence-corrected chi connectivity index (χ1v) is 12.0. The zero-order valence-electron chi connectivity index (χ0n) is 20.5. The van der Waals surface area contributed by atoms with Crippen molar-refractivity contribution in [1.29, 1.82) is 0 Å². The van der Waals surface area contributed by atoms with E-state index in [1.807, 2.05) is 0 Å². The van der Waals surface area contributed by atoms with Gasteiger partial charge in [0.15, 0.2) is 6.04 Å². The van der Waals surface area contributed by atoms with Crippen LogP contribution in [0.4, 0.5) is 8.78 Å². The van der Waals surface area contributed by atoms with Crippen molar-refractivity contribution < 1.29 is 32.8 Å². The van der Waals surface area contributed by atoms with Crippen molar-refractivity contribution >= 4 is 46.8 Å². The van der Waals surface area contributed by atoms with Crippen molar-refractivity contribution in [1.82, 2.24) is 20.0 Å². The van der Waals surface area contributed by atoms with Crippen LogP contribution in [-0.4, -0.2) is 94.9 Å². The average Bonchev–Trinajstić information content (AvgIpc) is 3.08. The Morgan fingerprint density at radius 1 is 1.14 bits per heavy atom. The number of alkyl halides is 1. The maximum Gasteiger partial charge on any atom is 0.312 e. The number of aliphatic imine (C=N–C) groups is 1. The molecule has 3 fully saturated rings. The van der Waals surface area contributed by atoms with Gasteiger partial charge in [-0.15, -0.1) is 0 Å². The Morgan fingerprint density at radius 2 is 1.78 bits per heavy atom. The summed E-state index contributed by atoms with van der Waals surface area (Å²) in [5.41, 5.74) is -3.14. The molecule has 1 aliphatic carbocycles. The van der Waals surface area contributed by atoms with Crippen LogP contribution in [0, 0.1) is 5.82 Å². The van der Waals surface area contributed by atoms with Gasteiger partial charge >= 0.3 is 11.8 Å². The second-order valence-corrected chi connectivity index (χ2v) is 10.2. The van der Waals surface area contributed by atoms with Gasteiger partial charge in [-0.05, 0) is 31.7 Å². The number of halogens is 3. The summed E-state index contributed by atoms with van der Waals surface area (Å²) in [5.74, 6) is -5.85. The highest BCUT2D eigenvalue weighted by atomic mass is 35.5. The predicted molar refractivity (Wildman–Crippen MR) is 128 cm³/mol. The minimum Gasteiger partial charge on any atom is -0.350 e. The number of amides is 4. The summed E-state index contributed by atoms with van der Waals surface area (Å²) in [6.45, 7) is -0.782. The molecule has 1 saturated carbocycles. The third-order valence-electron chi connectivity index (χ3n) is 7.31. The summed E-state index contributed by atoms with van der Waals surface area (Å²) in [6, 6.07) is 2.40. The number of amidine groups is 1. The third kappa shape index (κ3) is 4.47. The van der Waals surface area contributed by atoms with E-state index >= 15 is 4.39 Å². The summed E-state index contributed by atoms with van der Waals surface area (Å²) >= 11 is 5.77. The molecule has 0 aromatic heterocycles. The Morgan fingerprint density at radius 3 is 2.41 bits per heavy atom. The minimum atomic E-state index is -1.82. The van der Waals surface area contributed by atoms with Gasteiger partial charge in [0.05, 0.1) is 11.6 Å². The summed E-state index contributed by atoms with van der Waals surface area (Å²) in [5, 5.41) is 2.25. The first-order valence-electron chi connectivity index (χ1n) is 11.6. The quantitative estimate of drug-likeness (QED) is 0.451. The molecule has 2 saturated heterocycles. The van der Waals surface area contributed by atoms with E-state index in [0.29, 0.717) is 0 Å². The molecule has 3 aliphatic heterocycles. The van der Waals surface area contributed by atoms with Crippen molar-refractivity contribution in [3.8, 4) is 0 Å². The Kier molecular flexibility index (Phi) is 6.82. The summed E-state index contributed by atoms with van der Waals surface area (Å²) < 4.78 is 29.8. The number of carbonyl (C=O) groups is 5. The van der Waals surface area contributed by atoms with E-state index in [9.17, 15) is 28.4 Å². The number of rotatable bonds is 4. The summed E-state index contributed by atoms with van der Waals surface area (Å²) in [4.78, 5) is 71.9. The SMILES string of the molecule is CN(C)C(=O)C(=O)N(C)C12CCC(F)(CC1)CN1C(=O)C(=O)C(C(=O)NCc3cccc(Cl)c3F)N=C12. The zero-order chi connectivity index (χ0) is 27.3. The predicted octanol–water partition coefficient (Wildman–Crippen LogP) is 0.855. The molecule has 2 bridgehead atoms. The van der Waals surface area contributed by atoms with Gasteiger partial charge in [-0.3, -0.25) is 28.9 Å². The van der Waals surface area contributed by atoms with Crippen LogP contribution < -0.4 is 5.32 Å². The lowest BCUT2D eigenvalue weighted by Gasteiger charge is -2.46. The van der Waals surface area contributed by atoms with E-state index in [1.54, 1.807) is 0 Å². The van der Waals surface area contributed by atoms with E-state index in [4.69, 9.17) is 11.6 Å². The van der Waals surface area contributed by atoms with Gasteiger partial charge < -0.3 is 15.1 Å². The Hall–Kier alpha value is -3.41. The van der Waals surface area contributed by atoms with Crippen LogP contribution in [0.15, 0.2) is 23.2 Å². The molecular formula is C24H26ClF2N5O5. The molecule has 1 atom stereocenters. The van der Waals surface area contributed by atoms with E-state index in [0.717, 1.165) is 14.7 Å². The Labute approximate surface area is 216 Å². The first kappa shape index (κ1) is 26.6. The lowest BCUT2D eigenvalue weighted by molar-refractivity contribution is -0.152. The van der Waals surface area contributed by atoms with Crippen molar-refractivity contribution in [3.05, 3.63) is 34.6 Å². The van der Waals surface area contributed by atoms with Crippen LogP contribution in [0.2, 0.25) is 5.02 Å². The molecule has 4 aliphatic rings. The maximum atomic E-state index is 15.6. The number of hydrogen-bond acceptors (Lipinski definition) is 6. The number of nitrogens with one attached hydrogen (secondary N) is 1. The molecule has 0 spiro atoms. The number of likely N-dealkylation sites (N-methyl/N-ethyl adjacent to an activating group) is 2. The van der Waals surface area contributed by atoms with Gasteiger partial charge in [-0.25, -0.2) is 13.8 Å². The van der Waals surface area contributed by atoms with E-state index in [1.165, 1.54) is 39.3 Å². The number of fused-ring (bicyclic) bond motifs is 2. The molecule has 37 heavy (non-hydrogen) atoms. The average molecular weight is 538 g/mol. The summed E-state index contributed by atoms with van der Waals surface area (Å²) in [7, 11) is 4.17. The van der Waals surface area contributed by atoms with Crippen molar-refractivity contribution in [2.45, 2.75) is 49.5 Å². The fourth-order valence-electron chi connectivity index (χ4n) is 5.05. The lowest BCUT2D eigenvalue weighted by atomic mass is 9.75. The van der Waals surface area contributed by atoms with Crippen LogP contribution in [0.1, 0.15) is 31.2 Å². The van der Waals surface area contributed by atoms with E-state index in [2.05, 4.69) is 10.3 Å². The number of Topliss-reactive ketones (excluding diaryl/α,β-unsaturated/α-hetero) is 1. The summed E-state index contributed by atoms with van der Waals surface area (Å²) in [6.07, 6.45) is -0.0119. The fourth-order valence-corrected chi connectivity index (χ4v) is 5.24. The molecule has 13 heteroatoms. The highest BCUT2D eigenvalue weighted by molar-refractivity contribution is 6.46. The molecule has 1 N–H and O–H groups in total. The minimum absolute atomic E-state index is 0.0331. The van der Waals surface area contributed by atoms with Crippen LogP contribution >= 0.6 is 11.6 Å². The monoisotopic (exact) mass is 537 g/mol. The topological polar surface area (TPSA) is 119 Å². The molecule has 0 radical (unpaired) electrons.